The van der Waals surface area contributed by atoms with Crippen LogP contribution in [-0.2, 0) is 11.3 Å². The van der Waals surface area contributed by atoms with Gasteiger partial charge in [0.25, 0.3) is 5.91 Å². The second-order valence-electron chi connectivity index (χ2n) is 5.93. The Kier molecular flexibility index (Phi) is 6.09. The Labute approximate surface area is 173 Å². The lowest BCUT2D eigenvalue weighted by atomic mass is 10.1. The monoisotopic (exact) mass is 419 g/mol. The third kappa shape index (κ3) is 4.13. The molecule has 0 unspecified atom stereocenters. The molecule has 3 rings (SSSR count). The zero-order valence-corrected chi connectivity index (χ0v) is 17.5. The number of hydrogen-bond acceptors (Lipinski definition) is 5. The van der Waals surface area contributed by atoms with E-state index in [1.807, 2.05) is 43.3 Å². The first-order chi connectivity index (χ1) is 12.9. The van der Waals surface area contributed by atoms with E-state index in [2.05, 4.69) is 0 Å². The van der Waals surface area contributed by atoms with Crippen molar-refractivity contribution in [3.05, 3.63) is 63.0 Å². The first-order valence-electron chi connectivity index (χ1n) is 8.16. The summed E-state index contributed by atoms with van der Waals surface area (Å²) in [5, 5.41) is 0.676. The molecular weight excluding hydrogens is 402 g/mol. The van der Waals surface area contributed by atoms with Crippen molar-refractivity contribution in [1.29, 1.82) is 0 Å². The van der Waals surface area contributed by atoms with Gasteiger partial charge in [0.05, 0.1) is 25.7 Å². The van der Waals surface area contributed by atoms with Gasteiger partial charge in [-0.3, -0.25) is 9.69 Å². The number of halogens is 1. The van der Waals surface area contributed by atoms with Gasteiger partial charge in [-0.15, -0.1) is 0 Å². The van der Waals surface area contributed by atoms with E-state index in [0.717, 1.165) is 16.7 Å². The minimum atomic E-state index is -0.133. The summed E-state index contributed by atoms with van der Waals surface area (Å²) in [5.41, 5.74) is 2.69. The number of para-hydroxylation sites is 1. The van der Waals surface area contributed by atoms with Crippen molar-refractivity contribution in [3.8, 4) is 11.5 Å². The summed E-state index contributed by atoms with van der Waals surface area (Å²) in [6, 6.07) is 11.3. The van der Waals surface area contributed by atoms with E-state index in [9.17, 15) is 4.79 Å². The number of methoxy groups -OCH3 is 2. The summed E-state index contributed by atoms with van der Waals surface area (Å²) in [5.74, 6) is 1.05. The molecule has 0 radical (unpaired) electrons. The van der Waals surface area contributed by atoms with Crippen LogP contribution >= 0.6 is 35.6 Å². The van der Waals surface area contributed by atoms with Crippen molar-refractivity contribution < 1.29 is 14.3 Å². The Morgan fingerprint density at radius 1 is 1.22 bits per heavy atom. The number of aryl methyl sites for hydroxylation is 1. The van der Waals surface area contributed by atoms with E-state index in [1.165, 1.54) is 11.8 Å². The van der Waals surface area contributed by atoms with Gasteiger partial charge in [0.15, 0.2) is 11.5 Å². The van der Waals surface area contributed by atoms with Crippen LogP contribution < -0.4 is 9.47 Å². The Balaban J connectivity index is 1.88. The first-order valence-corrected chi connectivity index (χ1v) is 9.76. The molecule has 1 heterocycles. The van der Waals surface area contributed by atoms with Gasteiger partial charge in [0.1, 0.15) is 4.32 Å². The minimum Gasteiger partial charge on any atom is -0.493 e. The average Bonchev–Trinajstić information content (AvgIpc) is 2.91. The van der Waals surface area contributed by atoms with E-state index in [0.29, 0.717) is 32.3 Å². The number of amides is 1. The molecule has 4 nitrogen and oxygen atoms in total. The number of thiocarbonyl (C=S) groups is 1. The molecule has 27 heavy (non-hydrogen) atoms. The Morgan fingerprint density at radius 3 is 2.67 bits per heavy atom. The molecule has 2 aromatic carbocycles. The highest BCUT2D eigenvalue weighted by molar-refractivity contribution is 8.26. The fraction of sp³-hybridized carbons (Fsp3) is 0.200. The fourth-order valence-corrected chi connectivity index (χ4v) is 4.17. The number of benzene rings is 2. The van der Waals surface area contributed by atoms with E-state index in [1.54, 1.807) is 25.2 Å². The summed E-state index contributed by atoms with van der Waals surface area (Å²) in [6.07, 6.45) is 1.78. The number of ether oxygens (including phenoxy) is 2. The molecule has 0 aliphatic carbocycles. The highest BCUT2D eigenvalue weighted by atomic mass is 35.5. The smallest absolute Gasteiger partial charge is 0.266 e. The van der Waals surface area contributed by atoms with Gasteiger partial charge < -0.3 is 9.47 Å². The van der Waals surface area contributed by atoms with E-state index in [4.69, 9.17) is 33.3 Å². The molecule has 0 spiro atoms. The molecule has 0 bridgehead atoms. The standard InChI is InChI=1S/C20H18ClNO3S2/c1-12-7-8-13(9-15(12)21)11-22-19(23)17(27-20(22)26)10-14-5-4-6-16(24-2)18(14)25-3/h4-10H,11H2,1-3H3. The van der Waals surface area contributed by atoms with Crippen LogP contribution in [0, 0.1) is 6.92 Å². The van der Waals surface area contributed by atoms with Crippen LogP contribution in [0.5, 0.6) is 11.5 Å². The molecule has 2 aromatic rings. The topological polar surface area (TPSA) is 38.8 Å². The number of rotatable bonds is 5. The first kappa shape index (κ1) is 19.7. The van der Waals surface area contributed by atoms with Crippen LogP contribution in [0.25, 0.3) is 6.08 Å². The lowest BCUT2D eigenvalue weighted by molar-refractivity contribution is -0.122. The maximum Gasteiger partial charge on any atom is 0.266 e. The lowest BCUT2D eigenvalue weighted by Gasteiger charge is -2.15. The van der Waals surface area contributed by atoms with E-state index < -0.39 is 0 Å². The molecule has 0 saturated carbocycles. The van der Waals surface area contributed by atoms with Gasteiger partial charge in [-0.05, 0) is 36.3 Å². The molecule has 0 atom stereocenters. The molecule has 1 aliphatic heterocycles. The lowest BCUT2D eigenvalue weighted by Crippen LogP contribution is -2.27. The van der Waals surface area contributed by atoms with Gasteiger partial charge in [-0.25, -0.2) is 0 Å². The molecule has 7 heteroatoms. The second-order valence-corrected chi connectivity index (χ2v) is 8.02. The zero-order chi connectivity index (χ0) is 19.6. The summed E-state index contributed by atoms with van der Waals surface area (Å²) in [7, 11) is 3.15. The molecular formula is C20H18ClNO3S2. The SMILES string of the molecule is COc1cccc(C=C2SC(=S)N(Cc3ccc(C)c(Cl)c3)C2=O)c1OC. The minimum absolute atomic E-state index is 0.133. The van der Waals surface area contributed by atoms with Gasteiger partial charge in [-0.2, -0.15) is 0 Å². The Morgan fingerprint density at radius 2 is 2.00 bits per heavy atom. The van der Waals surface area contributed by atoms with Crippen LogP contribution in [0.15, 0.2) is 41.3 Å². The third-order valence-electron chi connectivity index (χ3n) is 4.17. The van der Waals surface area contributed by atoms with Crippen molar-refractivity contribution >= 4 is 51.9 Å². The van der Waals surface area contributed by atoms with Crippen molar-refractivity contribution in [1.82, 2.24) is 4.90 Å². The predicted molar refractivity (Wildman–Crippen MR) is 114 cm³/mol. The van der Waals surface area contributed by atoms with Crippen molar-refractivity contribution in [2.45, 2.75) is 13.5 Å². The van der Waals surface area contributed by atoms with Crippen LogP contribution in [0.1, 0.15) is 16.7 Å². The number of hydrogen-bond donors (Lipinski definition) is 0. The molecule has 1 fully saturated rings. The maximum absolute atomic E-state index is 12.9. The quantitative estimate of drug-likeness (QED) is 0.500. The Bertz CT molecular complexity index is 943. The third-order valence-corrected chi connectivity index (χ3v) is 5.96. The normalized spacial score (nSPS) is 15.6. The molecule has 1 saturated heterocycles. The highest BCUT2D eigenvalue weighted by Gasteiger charge is 2.32. The van der Waals surface area contributed by atoms with E-state index in [-0.39, 0.29) is 5.91 Å². The van der Waals surface area contributed by atoms with Crippen molar-refractivity contribution in [2.75, 3.05) is 14.2 Å². The number of carbonyl (C=O) groups is 1. The van der Waals surface area contributed by atoms with Crippen LogP contribution in [0.4, 0.5) is 0 Å². The number of thioether (sulfide) groups is 1. The second kappa shape index (κ2) is 8.33. The summed E-state index contributed by atoms with van der Waals surface area (Å²) in [4.78, 5) is 15.0. The summed E-state index contributed by atoms with van der Waals surface area (Å²) in [6.45, 7) is 2.33. The Hall–Kier alpha value is -2.02. The van der Waals surface area contributed by atoms with Crippen molar-refractivity contribution in [2.24, 2.45) is 0 Å². The summed E-state index contributed by atoms with van der Waals surface area (Å²) < 4.78 is 11.3. The van der Waals surface area contributed by atoms with Crippen molar-refractivity contribution in [3.63, 3.8) is 0 Å². The fourth-order valence-electron chi connectivity index (χ4n) is 2.72. The largest absolute Gasteiger partial charge is 0.493 e. The van der Waals surface area contributed by atoms with Gasteiger partial charge in [0.2, 0.25) is 0 Å². The maximum atomic E-state index is 12.9. The highest BCUT2D eigenvalue weighted by Crippen LogP contribution is 2.38. The van der Waals surface area contributed by atoms with Gasteiger partial charge in [0, 0.05) is 10.6 Å². The molecule has 0 aromatic heterocycles. The van der Waals surface area contributed by atoms with Crippen LogP contribution in [-0.4, -0.2) is 29.3 Å². The predicted octanol–water partition coefficient (Wildman–Crippen LogP) is 5.07. The summed E-state index contributed by atoms with van der Waals surface area (Å²) >= 11 is 12.9. The molecule has 1 aliphatic rings. The molecule has 0 N–H and O–H groups in total. The van der Waals surface area contributed by atoms with Crippen LogP contribution in [0.3, 0.4) is 0 Å². The van der Waals surface area contributed by atoms with Gasteiger partial charge >= 0.3 is 0 Å². The number of nitrogens with zero attached hydrogens (tertiary/aromatic N) is 1. The number of carbonyl (C=O) groups excluding carboxylic acids is 1. The zero-order valence-electron chi connectivity index (χ0n) is 15.1. The molecule has 140 valence electrons. The van der Waals surface area contributed by atoms with Gasteiger partial charge in [-0.1, -0.05) is 59.8 Å². The molecule has 1 amide bonds. The van der Waals surface area contributed by atoms with E-state index >= 15 is 0 Å². The average molecular weight is 420 g/mol. The van der Waals surface area contributed by atoms with Crippen LogP contribution in [0.2, 0.25) is 5.02 Å².